The number of hydrogen-bond acceptors (Lipinski definition) is 7. The largest absolute Gasteiger partial charge is 0.465 e. The molecule has 0 radical (unpaired) electrons. The predicted molar refractivity (Wildman–Crippen MR) is 74.9 cm³/mol. The second-order valence-electron chi connectivity index (χ2n) is 3.84. The number of rotatable bonds is 6. The van der Waals surface area contributed by atoms with Gasteiger partial charge >= 0.3 is 5.97 Å². The zero-order valence-corrected chi connectivity index (χ0v) is 12.0. The number of ether oxygens (including phenoxy) is 1. The molecule has 3 N–H and O–H groups in total. The molecular weight excluding hydrogens is 298 g/mol. The molecule has 0 aliphatic carbocycles. The number of nitrogens with zero attached hydrogens (tertiary/aromatic N) is 2. The third kappa shape index (κ3) is 4.05. The quantitative estimate of drug-likeness (QED) is 0.369. The highest BCUT2D eigenvalue weighted by Crippen LogP contribution is 2.12. The van der Waals surface area contributed by atoms with Crippen molar-refractivity contribution >= 4 is 34.8 Å². The van der Waals surface area contributed by atoms with Gasteiger partial charge in [-0.25, -0.2) is 9.97 Å². The molecular formula is C11H13N5O4S. The highest BCUT2D eigenvalue weighted by Gasteiger charge is 2.10. The fourth-order valence-electron chi connectivity index (χ4n) is 1.46. The maximum absolute atomic E-state index is 11.7. The third-order valence-corrected chi connectivity index (χ3v) is 3.22. The molecule has 2 rings (SSSR count). The van der Waals surface area contributed by atoms with E-state index in [2.05, 4.69) is 30.0 Å². The maximum Gasteiger partial charge on any atom is 0.325 e. The molecule has 0 unspecified atom stereocenters. The van der Waals surface area contributed by atoms with Gasteiger partial charge in [-0.1, -0.05) is 11.8 Å². The lowest BCUT2D eigenvalue weighted by Gasteiger charge is -2.04. The van der Waals surface area contributed by atoms with Gasteiger partial charge < -0.3 is 15.0 Å². The Balaban J connectivity index is 1.88. The second kappa shape index (κ2) is 6.88. The summed E-state index contributed by atoms with van der Waals surface area (Å²) in [6, 6.07) is 0. The minimum Gasteiger partial charge on any atom is -0.465 e. The van der Waals surface area contributed by atoms with Crippen LogP contribution < -0.4 is 10.9 Å². The number of hydrogen-bond donors (Lipinski definition) is 3. The summed E-state index contributed by atoms with van der Waals surface area (Å²) in [5, 5.41) is 2.69. The fraction of sp³-hybridized carbons (Fsp3) is 0.364. The van der Waals surface area contributed by atoms with Crippen LogP contribution in [-0.2, 0) is 14.3 Å². The molecule has 21 heavy (non-hydrogen) atoms. The van der Waals surface area contributed by atoms with E-state index in [-0.39, 0.29) is 46.7 Å². The van der Waals surface area contributed by atoms with Crippen molar-refractivity contribution in [3.05, 3.63) is 16.7 Å². The highest BCUT2D eigenvalue weighted by atomic mass is 32.2. The SMILES string of the molecule is CCOC(=O)CNC(=O)CSc1nc2nc[nH]c2c(=O)[nH]1. The molecule has 2 aromatic rings. The van der Waals surface area contributed by atoms with Gasteiger partial charge in [-0.05, 0) is 6.92 Å². The summed E-state index contributed by atoms with van der Waals surface area (Å²) in [4.78, 5) is 47.4. The number of fused-ring (bicyclic) bond motifs is 1. The number of carbonyl (C=O) groups is 2. The number of nitrogens with one attached hydrogen (secondary N) is 3. The van der Waals surface area contributed by atoms with Crippen molar-refractivity contribution in [2.75, 3.05) is 18.9 Å². The summed E-state index contributed by atoms with van der Waals surface area (Å²) in [6.07, 6.45) is 1.37. The lowest BCUT2D eigenvalue weighted by Crippen LogP contribution is -2.31. The zero-order chi connectivity index (χ0) is 15.2. The minimum atomic E-state index is -0.500. The molecule has 112 valence electrons. The molecule has 1 amide bonds. The monoisotopic (exact) mass is 311 g/mol. The van der Waals surface area contributed by atoms with Crippen molar-refractivity contribution in [1.29, 1.82) is 0 Å². The Hall–Kier alpha value is -2.36. The first-order valence-corrected chi connectivity index (χ1v) is 7.07. The average molecular weight is 311 g/mol. The minimum absolute atomic E-state index is 0.0122. The van der Waals surface area contributed by atoms with Gasteiger partial charge in [-0.2, -0.15) is 0 Å². The molecule has 0 saturated heterocycles. The van der Waals surface area contributed by atoms with E-state index < -0.39 is 5.97 Å². The summed E-state index contributed by atoms with van der Waals surface area (Å²) in [5.74, 6) is -0.851. The van der Waals surface area contributed by atoms with Crippen LogP contribution in [0, 0.1) is 0 Å². The molecule has 0 aliphatic heterocycles. The lowest BCUT2D eigenvalue weighted by atomic mass is 10.6. The molecule has 0 bridgehead atoms. The molecule has 9 nitrogen and oxygen atoms in total. The Kier molecular flexibility index (Phi) is 4.93. The number of esters is 1. The lowest BCUT2D eigenvalue weighted by molar-refractivity contribution is -0.143. The normalized spacial score (nSPS) is 10.5. The summed E-state index contributed by atoms with van der Waals surface area (Å²) >= 11 is 1.04. The van der Waals surface area contributed by atoms with E-state index in [0.29, 0.717) is 0 Å². The number of amides is 1. The van der Waals surface area contributed by atoms with Crippen molar-refractivity contribution in [3.63, 3.8) is 0 Å². The van der Waals surface area contributed by atoms with Crippen LogP contribution in [0.25, 0.3) is 11.2 Å². The standard InChI is InChI=1S/C11H13N5O4S/c1-2-20-7(18)3-12-6(17)4-21-11-15-9-8(10(19)16-11)13-5-14-9/h5H,2-4H2,1H3,(H,12,17)(H2,13,14,15,16,19). The van der Waals surface area contributed by atoms with Crippen LogP contribution in [0.15, 0.2) is 16.3 Å². The van der Waals surface area contributed by atoms with Crippen LogP contribution in [0.3, 0.4) is 0 Å². The zero-order valence-electron chi connectivity index (χ0n) is 11.1. The van der Waals surface area contributed by atoms with Gasteiger partial charge in [0.25, 0.3) is 5.56 Å². The maximum atomic E-state index is 11.7. The Labute approximate surface area is 122 Å². The van der Waals surface area contributed by atoms with Crippen LogP contribution >= 0.6 is 11.8 Å². The smallest absolute Gasteiger partial charge is 0.325 e. The first-order chi connectivity index (χ1) is 10.1. The molecule has 0 aliphatic rings. The van der Waals surface area contributed by atoms with Gasteiger partial charge in [0.2, 0.25) is 5.91 Å². The van der Waals surface area contributed by atoms with Crippen LogP contribution in [0.1, 0.15) is 6.92 Å². The second-order valence-corrected chi connectivity index (χ2v) is 4.81. The molecule has 0 saturated carbocycles. The van der Waals surface area contributed by atoms with Gasteiger partial charge in [-0.15, -0.1) is 0 Å². The topological polar surface area (TPSA) is 130 Å². The summed E-state index contributed by atoms with van der Waals surface area (Å²) in [5.41, 5.74) is 0.214. The number of carbonyl (C=O) groups excluding carboxylic acids is 2. The average Bonchev–Trinajstić information content (AvgIpc) is 2.92. The van der Waals surface area contributed by atoms with E-state index in [1.807, 2.05) is 0 Å². The van der Waals surface area contributed by atoms with E-state index in [1.54, 1.807) is 6.92 Å². The van der Waals surface area contributed by atoms with Gasteiger partial charge in [-0.3, -0.25) is 19.4 Å². The van der Waals surface area contributed by atoms with Crippen LogP contribution in [0.2, 0.25) is 0 Å². The van der Waals surface area contributed by atoms with E-state index in [9.17, 15) is 14.4 Å². The Morgan fingerprint density at radius 2 is 2.29 bits per heavy atom. The number of imidazole rings is 1. The molecule has 2 heterocycles. The van der Waals surface area contributed by atoms with Crippen molar-refractivity contribution in [3.8, 4) is 0 Å². The molecule has 0 fully saturated rings. The van der Waals surface area contributed by atoms with Crippen molar-refractivity contribution in [2.24, 2.45) is 0 Å². The summed E-state index contributed by atoms with van der Waals surface area (Å²) < 4.78 is 4.68. The first kappa shape index (κ1) is 15.0. The number of aromatic nitrogens is 4. The van der Waals surface area contributed by atoms with Crippen molar-refractivity contribution in [1.82, 2.24) is 25.3 Å². The van der Waals surface area contributed by atoms with E-state index in [1.165, 1.54) is 6.33 Å². The Bertz CT molecular complexity index is 710. The Morgan fingerprint density at radius 1 is 1.48 bits per heavy atom. The summed E-state index contributed by atoms with van der Waals surface area (Å²) in [7, 11) is 0. The highest BCUT2D eigenvalue weighted by molar-refractivity contribution is 7.99. The molecule has 10 heteroatoms. The third-order valence-electron chi connectivity index (χ3n) is 2.35. The van der Waals surface area contributed by atoms with Crippen molar-refractivity contribution < 1.29 is 14.3 Å². The predicted octanol–water partition coefficient (Wildman–Crippen LogP) is -0.582. The number of H-pyrrole nitrogens is 2. The first-order valence-electron chi connectivity index (χ1n) is 6.08. The molecule has 2 aromatic heterocycles. The van der Waals surface area contributed by atoms with Crippen LogP contribution in [-0.4, -0.2) is 50.7 Å². The number of aromatic amines is 2. The van der Waals surface area contributed by atoms with Gasteiger partial charge in [0.05, 0.1) is 18.7 Å². The van der Waals surface area contributed by atoms with E-state index in [4.69, 9.17) is 0 Å². The van der Waals surface area contributed by atoms with Gasteiger partial charge in [0.15, 0.2) is 16.3 Å². The number of thioether (sulfide) groups is 1. The van der Waals surface area contributed by atoms with Crippen LogP contribution in [0.4, 0.5) is 0 Å². The molecule has 0 spiro atoms. The summed E-state index contributed by atoms with van der Waals surface area (Å²) in [6.45, 7) is 1.76. The molecule has 0 aromatic carbocycles. The van der Waals surface area contributed by atoms with E-state index >= 15 is 0 Å². The molecule has 0 atom stereocenters. The Morgan fingerprint density at radius 3 is 3.05 bits per heavy atom. The van der Waals surface area contributed by atoms with Crippen molar-refractivity contribution in [2.45, 2.75) is 12.1 Å². The fourth-order valence-corrected chi connectivity index (χ4v) is 2.14. The van der Waals surface area contributed by atoms with Crippen LogP contribution in [0.5, 0.6) is 0 Å². The van der Waals surface area contributed by atoms with Gasteiger partial charge in [0.1, 0.15) is 6.54 Å². The van der Waals surface area contributed by atoms with E-state index in [0.717, 1.165) is 11.8 Å². The van der Waals surface area contributed by atoms with Gasteiger partial charge in [0, 0.05) is 0 Å².